The van der Waals surface area contributed by atoms with Gasteiger partial charge < -0.3 is 19.8 Å². The fourth-order valence-electron chi connectivity index (χ4n) is 1.06. The van der Waals surface area contributed by atoms with E-state index in [1.807, 2.05) is 0 Å². The molecule has 1 atom stereocenters. The van der Waals surface area contributed by atoms with Gasteiger partial charge in [-0.25, -0.2) is 4.79 Å². The van der Waals surface area contributed by atoms with Crippen LogP contribution in [0, 0.1) is 0 Å². The van der Waals surface area contributed by atoms with Crippen LogP contribution in [-0.2, 0) is 4.79 Å². The molecule has 0 aliphatic heterocycles. The molecule has 0 saturated carbocycles. The van der Waals surface area contributed by atoms with Gasteiger partial charge in [0.25, 0.3) is 0 Å². The van der Waals surface area contributed by atoms with Crippen molar-refractivity contribution in [3.8, 4) is 0 Å². The molecule has 0 heterocycles. The van der Waals surface area contributed by atoms with Crippen molar-refractivity contribution in [2.75, 3.05) is 33.8 Å². The SMILES string of the molecule is C[N+](C)(CC(=O)O)CC(O)CO. The van der Waals surface area contributed by atoms with Crippen LogP contribution in [0.5, 0.6) is 0 Å². The smallest absolute Gasteiger partial charge is 0.359 e. The third-order valence-electron chi connectivity index (χ3n) is 1.48. The van der Waals surface area contributed by atoms with Gasteiger partial charge in [0, 0.05) is 0 Å². The third-order valence-corrected chi connectivity index (χ3v) is 1.48. The molecule has 72 valence electrons. The molecule has 0 bridgehead atoms. The minimum Gasteiger partial charge on any atom is -0.477 e. The van der Waals surface area contributed by atoms with E-state index in [0.717, 1.165) is 0 Å². The first-order chi connectivity index (χ1) is 5.37. The Morgan fingerprint density at radius 1 is 1.50 bits per heavy atom. The second-order valence-corrected chi connectivity index (χ2v) is 3.51. The van der Waals surface area contributed by atoms with E-state index < -0.39 is 12.1 Å². The summed E-state index contributed by atoms with van der Waals surface area (Å²) in [6.07, 6.45) is -0.848. The highest BCUT2D eigenvalue weighted by Crippen LogP contribution is 1.98. The van der Waals surface area contributed by atoms with Gasteiger partial charge in [0.15, 0.2) is 6.54 Å². The lowest BCUT2D eigenvalue weighted by molar-refractivity contribution is -0.886. The van der Waals surface area contributed by atoms with Crippen LogP contribution in [0.3, 0.4) is 0 Å². The number of likely N-dealkylation sites (N-methyl/N-ethyl adjacent to an activating group) is 1. The van der Waals surface area contributed by atoms with Crippen LogP contribution in [0.1, 0.15) is 0 Å². The van der Waals surface area contributed by atoms with E-state index in [0.29, 0.717) is 0 Å². The molecule has 0 radical (unpaired) electrons. The molecule has 0 aliphatic rings. The van der Waals surface area contributed by atoms with Crippen LogP contribution in [0.25, 0.3) is 0 Å². The number of hydrogen-bond acceptors (Lipinski definition) is 3. The van der Waals surface area contributed by atoms with Crippen LogP contribution in [0.15, 0.2) is 0 Å². The van der Waals surface area contributed by atoms with Gasteiger partial charge in [0.05, 0.1) is 20.7 Å². The van der Waals surface area contributed by atoms with Gasteiger partial charge in [0.2, 0.25) is 0 Å². The first-order valence-electron chi connectivity index (χ1n) is 3.70. The summed E-state index contributed by atoms with van der Waals surface area (Å²) < 4.78 is 0.164. The van der Waals surface area contributed by atoms with E-state index in [2.05, 4.69) is 0 Å². The van der Waals surface area contributed by atoms with Crippen molar-refractivity contribution in [3.05, 3.63) is 0 Å². The molecule has 5 nitrogen and oxygen atoms in total. The molecule has 0 saturated heterocycles. The van der Waals surface area contributed by atoms with Crippen LogP contribution in [0.4, 0.5) is 0 Å². The number of aliphatic carboxylic acids is 1. The van der Waals surface area contributed by atoms with E-state index in [1.165, 1.54) is 0 Å². The second kappa shape index (κ2) is 4.39. The first kappa shape index (κ1) is 11.4. The van der Waals surface area contributed by atoms with Crippen LogP contribution in [-0.4, -0.2) is 65.7 Å². The van der Waals surface area contributed by atoms with Crippen molar-refractivity contribution < 1.29 is 24.6 Å². The molecular weight excluding hydrogens is 162 g/mol. The standard InChI is InChI=1S/C7H15NO4/c1-8(2,4-7(11)12)3-6(10)5-9/h6,9-10H,3-5H2,1-2H3/p+1. The summed E-state index contributed by atoms with van der Waals surface area (Å²) in [6.45, 7) is -0.152. The lowest BCUT2D eigenvalue weighted by atomic mass is 10.3. The van der Waals surface area contributed by atoms with Gasteiger partial charge in [-0.2, -0.15) is 0 Å². The molecule has 0 rings (SSSR count). The van der Waals surface area contributed by atoms with Crippen molar-refractivity contribution in [2.45, 2.75) is 6.10 Å². The normalized spacial score (nSPS) is 14.3. The number of quaternary nitrogens is 1. The fraction of sp³-hybridized carbons (Fsp3) is 0.857. The number of carboxylic acid groups (broad SMARTS) is 1. The molecule has 12 heavy (non-hydrogen) atoms. The lowest BCUT2D eigenvalue weighted by Gasteiger charge is -2.29. The molecule has 0 aromatic heterocycles. The van der Waals surface area contributed by atoms with E-state index in [9.17, 15) is 4.79 Å². The van der Waals surface area contributed by atoms with Crippen molar-refractivity contribution >= 4 is 5.97 Å². The summed E-state index contributed by atoms with van der Waals surface area (Å²) in [5.41, 5.74) is 0. The molecule has 0 spiro atoms. The van der Waals surface area contributed by atoms with Gasteiger partial charge in [-0.3, -0.25) is 0 Å². The number of aliphatic hydroxyl groups excluding tert-OH is 2. The molecule has 0 aliphatic carbocycles. The predicted octanol–water partition coefficient (Wildman–Crippen LogP) is -1.50. The highest BCUT2D eigenvalue weighted by Gasteiger charge is 2.22. The lowest BCUT2D eigenvalue weighted by Crippen LogP contribution is -2.49. The van der Waals surface area contributed by atoms with Crippen LogP contribution >= 0.6 is 0 Å². The predicted molar refractivity (Wildman–Crippen MR) is 42.6 cm³/mol. The third kappa shape index (κ3) is 5.06. The Kier molecular flexibility index (Phi) is 4.16. The first-order valence-corrected chi connectivity index (χ1v) is 3.70. The average molecular weight is 178 g/mol. The number of carboxylic acids is 1. The van der Waals surface area contributed by atoms with E-state index >= 15 is 0 Å². The van der Waals surface area contributed by atoms with Gasteiger partial charge in [0.1, 0.15) is 12.6 Å². The van der Waals surface area contributed by atoms with Gasteiger partial charge >= 0.3 is 5.97 Å². The van der Waals surface area contributed by atoms with Gasteiger partial charge in [-0.1, -0.05) is 0 Å². The summed E-state index contributed by atoms with van der Waals surface area (Å²) in [5.74, 6) is -0.912. The molecule has 0 aromatic carbocycles. The number of carbonyl (C=O) groups is 1. The van der Waals surface area contributed by atoms with E-state index in [4.69, 9.17) is 15.3 Å². The Bertz CT molecular complexity index is 157. The zero-order valence-electron chi connectivity index (χ0n) is 7.40. The van der Waals surface area contributed by atoms with Gasteiger partial charge in [-0.05, 0) is 0 Å². The highest BCUT2D eigenvalue weighted by atomic mass is 16.4. The zero-order chi connectivity index (χ0) is 9.78. The summed E-state index contributed by atoms with van der Waals surface area (Å²) >= 11 is 0. The average Bonchev–Trinajstić information content (AvgIpc) is 1.83. The maximum absolute atomic E-state index is 10.3. The second-order valence-electron chi connectivity index (χ2n) is 3.51. The number of nitrogens with zero attached hydrogens (tertiary/aromatic N) is 1. The van der Waals surface area contributed by atoms with Crippen molar-refractivity contribution in [3.63, 3.8) is 0 Å². The monoisotopic (exact) mass is 178 g/mol. The van der Waals surface area contributed by atoms with Crippen LogP contribution in [0.2, 0.25) is 0 Å². The quantitative estimate of drug-likeness (QED) is 0.448. The number of hydrogen-bond donors (Lipinski definition) is 3. The Balaban J connectivity index is 3.94. The van der Waals surface area contributed by atoms with Gasteiger partial charge in [-0.15, -0.1) is 0 Å². The van der Waals surface area contributed by atoms with E-state index in [-0.39, 0.29) is 24.2 Å². The number of aliphatic hydroxyl groups is 2. The Labute approximate surface area is 71.4 Å². The Morgan fingerprint density at radius 3 is 2.33 bits per heavy atom. The molecule has 0 fully saturated rings. The summed E-state index contributed by atoms with van der Waals surface area (Å²) in [5, 5.41) is 26.0. The fourth-order valence-corrected chi connectivity index (χ4v) is 1.06. The topological polar surface area (TPSA) is 77.8 Å². The summed E-state index contributed by atoms with van der Waals surface area (Å²) in [4.78, 5) is 10.3. The molecule has 5 heteroatoms. The van der Waals surface area contributed by atoms with E-state index in [1.54, 1.807) is 14.1 Å². The summed E-state index contributed by atoms with van der Waals surface area (Å²) in [6, 6.07) is 0. The molecule has 1 unspecified atom stereocenters. The molecular formula is C7H16NO4+. The molecule has 0 aromatic rings. The van der Waals surface area contributed by atoms with Crippen molar-refractivity contribution in [1.29, 1.82) is 0 Å². The zero-order valence-corrected chi connectivity index (χ0v) is 7.40. The van der Waals surface area contributed by atoms with Crippen molar-refractivity contribution in [1.82, 2.24) is 0 Å². The largest absolute Gasteiger partial charge is 0.477 e. The maximum atomic E-state index is 10.3. The van der Waals surface area contributed by atoms with Crippen LogP contribution < -0.4 is 0 Å². The molecule has 3 N–H and O–H groups in total. The Hall–Kier alpha value is -0.650. The number of rotatable bonds is 5. The minimum atomic E-state index is -0.912. The summed E-state index contributed by atoms with van der Waals surface area (Å²) in [7, 11) is 3.38. The van der Waals surface area contributed by atoms with Crippen molar-refractivity contribution in [2.24, 2.45) is 0 Å². The minimum absolute atomic E-state index is 0.0585. The molecule has 0 amide bonds. The highest BCUT2D eigenvalue weighted by molar-refractivity contribution is 5.67. The maximum Gasteiger partial charge on any atom is 0.359 e. The Morgan fingerprint density at radius 2 is 2.00 bits per heavy atom.